The zero-order valence-electron chi connectivity index (χ0n) is 44.6. The standard InChI is InChI=1S/C62H66N4O12/c1-38(2)51(57(69)76-5)63-60(72)65-47-25-20-39(26-30-61(73)28-14-6-7-15-29-61)34-46(47)62(59(65)71)50(56(68)64-31-27-43-35-48(74-3)49(75-4)36-44(43)37-64)53-58(70)78-54(41-18-12-9-13-19-41)52(40-16-10-8-11-17-40)66(53)55(62)42-21-23-45(24-22-42)77-33-32-67/h8-13,16-25,34-36,38,50-55,67,73H,6-7,14-15,27-29,31-33,37H2,1-5H3,(H,63,72)/t50-,51-,52-,53-,54+,55+,62-/m0/s1. The van der Waals surface area contributed by atoms with Crippen molar-refractivity contribution in [2.75, 3.05) is 46.0 Å². The van der Waals surface area contributed by atoms with Crippen molar-refractivity contribution in [3.8, 4) is 29.1 Å². The van der Waals surface area contributed by atoms with Crippen molar-refractivity contribution in [1.82, 2.24) is 15.1 Å². The zero-order valence-corrected chi connectivity index (χ0v) is 44.6. The first kappa shape index (κ1) is 53.7. The number of morpholine rings is 1. The molecule has 5 aromatic carbocycles. The Balaban J connectivity index is 1.27. The Bertz CT molecular complexity index is 3130. The monoisotopic (exact) mass is 1060 g/mol. The fourth-order valence-electron chi connectivity index (χ4n) is 12.6. The van der Waals surface area contributed by atoms with E-state index in [4.69, 9.17) is 23.7 Å². The molecular formula is C62H66N4O12. The van der Waals surface area contributed by atoms with Crippen LogP contribution in [0.1, 0.15) is 110 Å². The summed E-state index contributed by atoms with van der Waals surface area (Å²) in [6.45, 7) is 3.51. The number of ether oxygens (including phenoxy) is 5. The van der Waals surface area contributed by atoms with Crippen LogP contribution in [0.25, 0.3) is 0 Å². The molecule has 0 bridgehead atoms. The van der Waals surface area contributed by atoms with E-state index in [0.29, 0.717) is 53.2 Å². The van der Waals surface area contributed by atoms with Crippen molar-refractivity contribution in [2.45, 2.75) is 107 Å². The van der Waals surface area contributed by atoms with E-state index in [9.17, 15) is 15.0 Å². The molecule has 10 rings (SSSR count). The summed E-state index contributed by atoms with van der Waals surface area (Å²) in [7, 11) is 4.31. The van der Waals surface area contributed by atoms with Crippen LogP contribution < -0.4 is 24.4 Å². The maximum atomic E-state index is 17.1. The van der Waals surface area contributed by atoms with Gasteiger partial charge >= 0.3 is 18.0 Å². The molecule has 0 radical (unpaired) electrons. The second kappa shape index (κ2) is 22.3. The lowest BCUT2D eigenvalue weighted by Crippen LogP contribution is -2.58. The summed E-state index contributed by atoms with van der Waals surface area (Å²) < 4.78 is 29.1. The highest BCUT2D eigenvalue weighted by molar-refractivity contribution is 6.25. The van der Waals surface area contributed by atoms with Gasteiger partial charge in [-0.25, -0.2) is 14.5 Å². The molecule has 4 aliphatic heterocycles. The Kier molecular flexibility index (Phi) is 15.4. The van der Waals surface area contributed by atoms with Gasteiger partial charge in [0.15, 0.2) is 11.5 Å². The summed E-state index contributed by atoms with van der Waals surface area (Å²) in [5.74, 6) is 2.92. The lowest BCUT2D eigenvalue weighted by Gasteiger charge is -2.46. The number of carbonyl (C=O) groups is 5. The molecule has 4 amide bonds. The lowest BCUT2D eigenvalue weighted by atomic mass is 9.64. The van der Waals surface area contributed by atoms with E-state index in [1.165, 1.54) is 14.2 Å². The van der Waals surface area contributed by atoms with Crippen LogP contribution in [0, 0.1) is 23.7 Å². The molecule has 406 valence electrons. The van der Waals surface area contributed by atoms with Gasteiger partial charge in [-0.05, 0) is 114 Å². The number of fused-ring (bicyclic) bond motifs is 4. The number of nitrogens with zero attached hydrogens (tertiary/aromatic N) is 3. The third kappa shape index (κ3) is 9.62. The van der Waals surface area contributed by atoms with Gasteiger partial charge in [-0.1, -0.05) is 111 Å². The number of anilines is 1. The van der Waals surface area contributed by atoms with Crippen LogP contribution in [0.5, 0.6) is 17.2 Å². The highest BCUT2D eigenvalue weighted by Gasteiger charge is 2.76. The first-order chi connectivity index (χ1) is 37.8. The largest absolute Gasteiger partial charge is 0.493 e. The van der Waals surface area contributed by atoms with Crippen LogP contribution in [0.4, 0.5) is 10.5 Å². The molecule has 7 atom stereocenters. The van der Waals surface area contributed by atoms with Gasteiger partial charge in [-0.15, -0.1) is 0 Å². The molecule has 2 saturated heterocycles. The number of rotatable bonds is 12. The summed E-state index contributed by atoms with van der Waals surface area (Å²) >= 11 is 0. The molecular weight excluding hydrogens is 993 g/mol. The Morgan fingerprint density at radius 3 is 2.08 bits per heavy atom. The lowest BCUT2D eigenvalue weighted by molar-refractivity contribution is -0.179. The molecule has 3 fully saturated rings. The van der Waals surface area contributed by atoms with Crippen LogP contribution in [0.2, 0.25) is 0 Å². The van der Waals surface area contributed by atoms with Gasteiger partial charge < -0.3 is 44.1 Å². The highest BCUT2D eigenvalue weighted by atomic mass is 16.6. The van der Waals surface area contributed by atoms with Crippen LogP contribution in [0.3, 0.4) is 0 Å². The molecule has 1 spiro atoms. The molecule has 1 saturated carbocycles. The number of methoxy groups -OCH3 is 3. The Morgan fingerprint density at radius 1 is 0.795 bits per heavy atom. The average molecular weight is 1060 g/mol. The zero-order chi connectivity index (χ0) is 54.9. The summed E-state index contributed by atoms with van der Waals surface area (Å²) in [4.78, 5) is 83.0. The predicted octanol–water partition coefficient (Wildman–Crippen LogP) is 7.67. The number of hydrogen-bond acceptors (Lipinski definition) is 13. The molecule has 0 unspecified atom stereocenters. The molecule has 1 aliphatic carbocycles. The SMILES string of the molecule is COC(=O)[C@@H](NC(=O)N1C(=O)[C@@]2(c3cc(C#CC4(O)CCCCCC4)ccc31)[C@H](C(=O)N1CCc3cc(OC)c(OC)cc3C1)[C@H]1C(=O)O[C@H](c3ccccc3)[C@H](c3ccccc3)N1[C@@H]2c1ccc(OCCO)cc1)C(C)C. The minimum Gasteiger partial charge on any atom is -0.493 e. The van der Waals surface area contributed by atoms with Gasteiger partial charge in [0.2, 0.25) is 11.8 Å². The minimum absolute atomic E-state index is 0.00754. The number of esters is 2. The van der Waals surface area contributed by atoms with Crippen LogP contribution in [0.15, 0.2) is 115 Å². The maximum absolute atomic E-state index is 17.1. The van der Waals surface area contributed by atoms with Gasteiger partial charge in [0.05, 0.1) is 51.6 Å². The van der Waals surface area contributed by atoms with Crippen LogP contribution in [-0.2, 0) is 47.0 Å². The van der Waals surface area contributed by atoms with Crippen LogP contribution in [-0.4, -0.2) is 109 Å². The Morgan fingerprint density at radius 2 is 1.45 bits per heavy atom. The molecule has 4 heterocycles. The van der Waals surface area contributed by atoms with Crippen molar-refractivity contribution in [1.29, 1.82) is 0 Å². The second-order valence-electron chi connectivity index (χ2n) is 21.2. The van der Waals surface area contributed by atoms with Gasteiger partial charge in [-0.2, -0.15) is 0 Å². The number of urea groups is 1. The van der Waals surface area contributed by atoms with E-state index in [2.05, 4.69) is 17.2 Å². The number of cyclic esters (lactones) is 1. The van der Waals surface area contributed by atoms with Crippen molar-refractivity contribution >= 4 is 35.5 Å². The molecule has 16 nitrogen and oxygen atoms in total. The Labute approximate surface area is 454 Å². The molecule has 5 aromatic rings. The summed E-state index contributed by atoms with van der Waals surface area (Å²) in [6.07, 6.45) is 3.94. The number of aliphatic hydroxyl groups is 2. The van der Waals surface area contributed by atoms with Crippen molar-refractivity contribution in [3.63, 3.8) is 0 Å². The molecule has 3 N–H and O–H groups in total. The number of carbonyl (C=O) groups excluding carboxylic acids is 5. The third-order valence-corrected chi connectivity index (χ3v) is 16.3. The van der Waals surface area contributed by atoms with Crippen LogP contribution >= 0.6 is 0 Å². The third-order valence-electron chi connectivity index (χ3n) is 16.3. The highest BCUT2D eigenvalue weighted by Crippen LogP contribution is 2.66. The minimum atomic E-state index is -2.15. The Hall–Kier alpha value is -7.71. The predicted molar refractivity (Wildman–Crippen MR) is 288 cm³/mol. The smallest absolute Gasteiger partial charge is 0.329 e. The summed E-state index contributed by atoms with van der Waals surface area (Å²) in [5.41, 5.74) is 0.918. The van der Waals surface area contributed by atoms with E-state index < -0.39 is 82.9 Å². The number of nitrogens with one attached hydrogen (secondary N) is 1. The summed E-state index contributed by atoms with van der Waals surface area (Å²) in [6, 6.07) is 28.9. The first-order valence-corrected chi connectivity index (χ1v) is 26.8. The normalized spacial score (nSPS) is 23.7. The first-order valence-electron chi connectivity index (χ1n) is 26.8. The van der Waals surface area contributed by atoms with Gasteiger partial charge in [0, 0.05) is 18.7 Å². The quantitative estimate of drug-likeness (QED) is 0.0627. The number of hydrogen-bond donors (Lipinski definition) is 3. The summed E-state index contributed by atoms with van der Waals surface area (Å²) in [5, 5.41) is 24.4. The van der Waals surface area contributed by atoms with E-state index in [0.717, 1.165) is 47.3 Å². The molecule has 5 aliphatic rings. The molecule has 78 heavy (non-hydrogen) atoms. The topological polar surface area (TPSA) is 194 Å². The number of aliphatic hydroxyl groups excluding tert-OH is 1. The van der Waals surface area contributed by atoms with Crippen molar-refractivity contribution < 1.29 is 57.9 Å². The van der Waals surface area contributed by atoms with Crippen molar-refractivity contribution in [2.24, 2.45) is 11.8 Å². The van der Waals surface area contributed by atoms with Gasteiger partial charge in [0.25, 0.3) is 0 Å². The van der Waals surface area contributed by atoms with E-state index in [-0.39, 0.29) is 37.6 Å². The fraction of sp³-hybridized carbons (Fsp3) is 0.403. The average Bonchev–Trinajstić information content (AvgIpc) is 3.66. The van der Waals surface area contributed by atoms with Gasteiger partial charge in [-0.3, -0.25) is 19.3 Å². The van der Waals surface area contributed by atoms with Gasteiger partial charge in [0.1, 0.15) is 41.6 Å². The molecule has 16 heteroatoms. The number of imide groups is 1. The molecule has 0 aromatic heterocycles. The van der Waals surface area contributed by atoms with E-state index in [1.54, 1.807) is 68.3 Å². The number of benzene rings is 5. The number of amides is 4. The maximum Gasteiger partial charge on any atom is 0.329 e. The van der Waals surface area contributed by atoms with Crippen molar-refractivity contribution in [3.05, 3.63) is 154 Å². The fourth-order valence-corrected chi connectivity index (χ4v) is 12.6. The second-order valence-corrected chi connectivity index (χ2v) is 21.2. The van der Waals surface area contributed by atoms with E-state index >= 15 is 19.2 Å². The van der Waals surface area contributed by atoms with E-state index in [1.807, 2.05) is 77.7 Å².